The first kappa shape index (κ1) is 9.99. The number of aromatic nitrogens is 2. The van der Waals surface area contributed by atoms with E-state index < -0.39 is 5.97 Å². The third-order valence-corrected chi connectivity index (χ3v) is 1.67. The van der Waals surface area contributed by atoms with Crippen LogP contribution in [-0.2, 0) is 11.8 Å². The molecule has 0 unspecified atom stereocenters. The average Bonchev–Trinajstić information content (AvgIpc) is 2.36. The number of rotatable bonds is 1. The molecule has 0 atom stereocenters. The van der Waals surface area contributed by atoms with Crippen molar-refractivity contribution in [1.29, 1.82) is 0 Å². The van der Waals surface area contributed by atoms with E-state index in [4.69, 9.17) is 5.11 Å². The molecule has 1 heterocycles. The van der Waals surface area contributed by atoms with E-state index >= 15 is 0 Å². The van der Waals surface area contributed by atoms with Gasteiger partial charge in [0.25, 0.3) is 0 Å². The minimum absolute atomic E-state index is 0.288. The number of aldehydes is 1. The van der Waals surface area contributed by atoms with Crippen LogP contribution in [0.2, 0.25) is 0 Å². The summed E-state index contributed by atoms with van der Waals surface area (Å²) >= 11 is 0. The van der Waals surface area contributed by atoms with E-state index in [1.807, 2.05) is 5.92 Å². The van der Waals surface area contributed by atoms with Crippen molar-refractivity contribution in [2.75, 3.05) is 0 Å². The molecule has 0 radical (unpaired) electrons. The SMILES string of the molecule is Cc1nn(C)c(C=O)c1C#CC(=O)O. The Morgan fingerprint density at radius 1 is 1.64 bits per heavy atom. The first-order valence-electron chi connectivity index (χ1n) is 3.80. The van der Waals surface area contributed by atoms with Crippen LogP contribution in [0.25, 0.3) is 0 Å². The highest BCUT2D eigenvalue weighted by Gasteiger charge is 2.09. The number of aryl methyl sites for hydroxylation is 2. The Morgan fingerprint density at radius 3 is 2.79 bits per heavy atom. The predicted molar refractivity (Wildman–Crippen MR) is 47.8 cm³/mol. The van der Waals surface area contributed by atoms with Crippen LogP contribution in [-0.4, -0.2) is 27.1 Å². The maximum atomic E-state index is 10.6. The van der Waals surface area contributed by atoms with Gasteiger partial charge in [0.1, 0.15) is 5.69 Å². The van der Waals surface area contributed by atoms with Gasteiger partial charge in [0.2, 0.25) is 0 Å². The van der Waals surface area contributed by atoms with Gasteiger partial charge in [-0.05, 0) is 6.92 Å². The summed E-state index contributed by atoms with van der Waals surface area (Å²) in [6.07, 6.45) is 0.603. The summed E-state index contributed by atoms with van der Waals surface area (Å²) in [6, 6.07) is 0. The quantitative estimate of drug-likeness (QED) is 0.501. The lowest BCUT2D eigenvalue weighted by Gasteiger charge is -1.89. The Morgan fingerprint density at radius 2 is 2.29 bits per heavy atom. The number of carboxylic acids is 1. The lowest BCUT2D eigenvalue weighted by molar-refractivity contribution is -0.130. The fraction of sp³-hybridized carbons (Fsp3) is 0.222. The molecule has 14 heavy (non-hydrogen) atoms. The monoisotopic (exact) mass is 192 g/mol. The number of carbonyl (C=O) groups is 2. The van der Waals surface area contributed by atoms with Gasteiger partial charge in [0, 0.05) is 13.0 Å². The molecule has 0 aliphatic rings. The van der Waals surface area contributed by atoms with Gasteiger partial charge in [-0.15, -0.1) is 0 Å². The normalized spacial score (nSPS) is 9.00. The van der Waals surface area contributed by atoms with Crippen LogP contribution in [0.5, 0.6) is 0 Å². The van der Waals surface area contributed by atoms with Crippen molar-refractivity contribution in [1.82, 2.24) is 9.78 Å². The van der Waals surface area contributed by atoms with Crippen molar-refractivity contribution < 1.29 is 14.7 Å². The zero-order chi connectivity index (χ0) is 10.7. The van der Waals surface area contributed by atoms with Crippen LogP contribution in [0.1, 0.15) is 21.7 Å². The largest absolute Gasteiger partial charge is 0.472 e. The van der Waals surface area contributed by atoms with E-state index in [1.54, 1.807) is 14.0 Å². The summed E-state index contributed by atoms with van der Waals surface area (Å²) in [7, 11) is 1.60. The summed E-state index contributed by atoms with van der Waals surface area (Å²) in [5, 5.41) is 12.3. The van der Waals surface area contributed by atoms with E-state index in [2.05, 4.69) is 11.0 Å². The second-order valence-corrected chi connectivity index (χ2v) is 2.64. The molecule has 0 aromatic carbocycles. The highest BCUT2D eigenvalue weighted by atomic mass is 16.4. The standard InChI is InChI=1S/C9H8N2O3/c1-6-7(3-4-9(13)14)8(5-12)11(2)10-6/h5H,1-2H3,(H,13,14). The van der Waals surface area contributed by atoms with E-state index in [1.165, 1.54) is 4.68 Å². The molecule has 0 fully saturated rings. The first-order chi connectivity index (χ1) is 6.56. The zero-order valence-corrected chi connectivity index (χ0v) is 7.74. The molecule has 1 rings (SSSR count). The van der Waals surface area contributed by atoms with Gasteiger partial charge >= 0.3 is 5.97 Å². The van der Waals surface area contributed by atoms with Crippen LogP contribution in [0.15, 0.2) is 0 Å². The van der Waals surface area contributed by atoms with Crippen molar-refractivity contribution in [3.63, 3.8) is 0 Å². The summed E-state index contributed by atoms with van der Waals surface area (Å²) in [5.74, 6) is 3.10. The maximum Gasteiger partial charge on any atom is 0.382 e. The van der Waals surface area contributed by atoms with Crippen LogP contribution in [0.4, 0.5) is 0 Å². The fourth-order valence-corrected chi connectivity index (χ4v) is 1.08. The van der Waals surface area contributed by atoms with Crippen molar-refractivity contribution >= 4 is 12.3 Å². The third-order valence-electron chi connectivity index (χ3n) is 1.67. The Bertz CT molecular complexity index is 449. The van der Waals surface area contributed by atoms with Crippen molar-refractivity contribution in [3.8, 4) is 11.8 Å². The lowest BCUT2D eigenvalue weighted by atomic mass is 10.2. The number of hydrogen-bond acceptors (Lipinski definition) is 3. The molecule has 72 valence electrons. The van der Waals surface area contributed by atoms with E-state index in [-0.39, 0.29) is 5.69 Å². The molecule has 0 bridgehead atoms. The van der Waals surface area contributed by atoms with Crippen molar-refractivity contribution in [2.24, 2.45) is 7.05 Å². The average molecular weight is 192 g/mol. The Labute approximate surface area is 80.3 Å². The smallest absolute Gasteiger partial charge is 0.382 e. The second-order valence-electron chi connectivity index (χ2n) is 2.64. The summed E-state index contributed by atoms with van der Waals surface area (Å²) in [5.41, 5.74) is 1.20. The number of carbonyl (C=O) groups excluding carboxylic acids is 1. The minimum atomic E-state index is -1.23. The molecule has 1 N–H and O–H groups in total. The van der Waals surface area contributed by atoms with E-state index in [0.717, 1.165) is 0 Å². The molecule has 0 aliphatic carbocycles. The zero-order valence-electron chi connectivity index (χ0n) is 7.74. The van der Waals surface area contributed by atoms with Crippen LogP contribution < -0.4 is 0 Å². The molecule has 0 saturated carbocycles. The molecule has 0 amide bonds. The molecule has 0 aliphatic heterocycles. The topological polar surface area (TPSA) is 72.2 Å². The Kier molecular flexibility index (Phi) is 2.67. The molecule has 0 spiro atoms. The molecule has 1 aromatic heterocycles. The third kappa shape index (κ3) is 1.80. The molecular weight excluding hydrogens is 184 g/mol. The Hall–Kier alpha value is -2.09. The lowest BCUT2D eigenvalue weighted by Crippen LogP contribution is -1.97. The fourth-order valence-electron chi connectivity index (χ4n) is 1.08. The highest BCUT2D eigenvalue weighted by Crippen LogP contribution is 2.08. The van der Waals surface area contributed by atoms with Crippen LogP contribution in [0.3, 0.4) is 0 Å². The molecule has 1 aromatic rings. The van der Waals surface area contributed by atoms with Gasteiger partial charge in [-0.1, -0.05) is 5.92 Å². The van der Waals surface area contributed by atoms with E-state index in [9.17, 15) is 9.59 Å². The van der Waals surface area contributed by atoms with Crippen LogP contribution in [0, 0.1) is 18.8 Å². The van der Waals surface area contributed by atoms with Crippen molar-refractivity contribution in [3.05, 3.63) is 17.0 Å². The molecular formula is C9H8N2O3. The van der Waals surface area contributed by atoms with Crippen LogP contribution >= 0.6 is 0 Å². The number of carboxylic acid groups (broad SMARTS) is 1. The van der Waals surface area contributed by atoms with Gasteiger partial charge in [-0.25, -0.2) is 4.79 Å². The number of hydrogen-bond donors (Lipinski definition) is 1. The van der Waals surface area contributed by atoms with E-state index in [0.29, 0.717) is 17.5 Å². The second kappa shape index (κ2) is 3.75. The van der Waals surface area contributed by atoms with Gasteiger partial charge < -0.3 is 5.11 Å². The summed E-state index contributed by atoms with van der Waals surface area (Å²) < 4.78 is 1.37. The van der Waals surface area contributed by atoms with Gasteiger partial charge in [-0.3, -0.25) is 9.48 Å². The Balaban J connectivity index is 3.28. The van der Waals surface area contributed by atoms with Crippen molar-refractivity contribution in [2.45, 2.75) is 6.92 Å². The molecule has 5 heteroatoms. The number of nitrogens with zero attached hydrogens (tertiary/aromatic N) is 2. The maximum absolute atomic E-state index is 10.6. The van der Waals surface area contributed by atoms with Gasteiger partial charge in [-0.2, -0.15) is 5.10 Å². The van der Waals surface area contributed by atoms with Gasteiger partial charge in [0.05, 0.1) is 11.3 Å². The minimum Gasteiger partial charge on any atom is -0.472 e. The molecule has 5 nitrogen and oxygen atoms in total. The molecule has 0 saturated heterocycles. The van der Waals surface area contributed by atoms with Gasteiger partial charge in [0.15, 0.2) is 6.29 Å². The number of aliphatic carboxylic acids is 1. The predicted octanol–water partition coefficient (Wildman–Crippen LogP) is -0.0229. The summed E-state index contributed by atoms with van der Waals surface area (Å²) in [6.45, 7) is 1.67. The first-order valence-corrected chi connectivity index (χ1v) is 3.80. The summed E-state index contributed by atoms with van der Waals surface area (Å²) in [4.78, 5) is 20.8. The highest BCUT2D eigenvalue weighted by molar-refractivity contribution is 5.88.